The SMILES string of the molecule is CC1CNCCN1C(=O)CCCc1cccc(F)c1. The summed E-state index contributed by atoms with van der Waals surface area (Å²) < 4.78 is 13.0. The van der Waals surface area contributed by atoms with Crippen LogP contribution >= 0.6 is 0 Å². The third-order valence-electron chi connectivity index (χ3n) is 3.57. The van der Waals surface area contributed by atoms with Crippen molar-refractivity contribution in [2.24, 2.45) is 0 Å². The number of piperazine rings is 1. The molecule has 1 aromatic rings. The van der Waals surface area contributed by atoms with Crippen molar-refractivity contribution in [1.82, 2.24) is 10.2 Å². The van der Waals surface area contributed by atoms with Crippen LogP contribution in [0, 0.1) is 5.82 Å². The number of hydrogen-bond donors (Lipinski definition) is 1. The molecule has 0 radical (unpaired) electrons. The highest BCUT2D eigenvalue weighted by molar-refractivity contribution is 5.76. The normalized spacial score (nSPS) is 19.5. The van der Waals surface area contributed by atoms with Crippen molar-refractivity contribution >= 4 is 5.91 Å². The largest absolute Gasteiger partial charge is 0.337 e. The van der Waals surface area contributed by atoms with Gasteiger partial charge in [0.1, 0.15) is 5.82 Å². The number of carbonyl (C=O) groups excluding carboxylic acids is 1. The van der Waals surface area contributed by atoms with Gasteiger partial charge < -0.3 is 10.2 Å². The van der Waals surface area contributed by atoms with E-state index in [1.54, 1.807) is 6.07 Å². The Balaban J connectivity index is 1.77. The molecule has 4 heteroatoms. The summed E-state index contributed by atoms with van der Waals surface area (Å²) in [6, 6.07) is 6.87. The first-order valence-electron chi connectivity index (χ1n) is 6.91. The second-order valence-corrected chi connectivity index (χ2v) is 5.12. The topological polar surface area (TPSA) is 32.3 Å². The first-order valence-corrected chi connectivity index (χ1v) is 6.91. The van der Waals surface area contributed by atoms with Crippen LogP contribution in [0.4, 0.5) is 4.39 Å². The molecule has 1 aliphatic heterocycles. The monoisotopic (exact) mass is 264 g/mol. The zero-order valence-corrected chi connectivity index (χ0v) is 11.4. The lowest BCUT2D eigenvalue weighted by Gasteiger charge is -2.34. The first-order chi connectivity index (χ1) is 9.16. The molecule has 0 bridgehead atoms. The highest BCUT2D eigenvalue weighted by Gasteiger charge is 2.22. The van der Waals surface area contributed by atoms with Crippen LogP contribution in [0.15, 0.2) is 24.3 Å². The Labute approximate surface area is 113 Å². The van der Waals surface area contributed by atoms with Crippen molar-refractivity contribution < 1.29 is 9.18 Å². The summed E-state index contributed by atoms with van der Waals surface area (Å²) in [6.07, 6.45) is 2.07. The van der Waals surface area contributed by atoms with Gasteiger partial charge in [0.05, 0.1) is 0 Å². The second-order valence-electron chi connectivity index (χ2n) is 5.12. The number of rotatable bonds is 4. The van der Waals surface area contributed by atoms with E-state index in [-0.39, 0.29) is 17.8 Å². The van der Waals surface area contributed by atoms with Crippen molar-refractivity contribution in [2.75, 3.05) is 19.6 Å². The lowest BCUT2D eigenvalue weighted by atomic mass is 10.1. The van der Waals surface area contributed by atoms with Crippen molar-refractivity contribution in [1.29, 1.82) is 0 Å². The summed E-state index contributed by atoms with van der Waals surface area (Å²) in [6.45, 7) is 4.60. The summed E-state index contributed by atoms with van der Waals surface area (Å²) in [4.78, 5) is 14.0. The van der Waals surface area contributed by atoms with E-state index in [9.17, 15) is 9.18 Å². The van der Waals surface area contributed by atoms with Gasteiger partial charge in [0.15, 0.2) is 0 Å². The Kier molecular flexibility index (Phi) is 4.91. The molecule has 0 aromatic heterocycles. The molecule has 2 rings (SSSR count). The first kappa shape index (κ1) is 14.0. The fourth-order valence-corrected chi connectivity index (χ4v) is 2.49. The van der Waals surface area contributed by atoms with Crippen molar-refractivity contribution in [2.45, 2.75) is 32.2 Å². The third-order valence-corrected chi connectivity index (χ3v) is 3.57. The van der Waals surface area contributed by atoms with Gasteiger partial charge in [-0.2, -0.15) is 0 Å². The highest BCUT2D eigenvalue weighted by Crippen LogP contribution is 2.10. The van der Waals surface area contributed by atoms with E-state index in [0.717, 1.165) is 38.0 Å². The Bertz CT molecular complexity index is 436. The minimum atomic E-state index is -0.209. The van der Waals surface area contributed by atoms with E-state index in [4.69, 9.17) is 0 Å². The van der Waals surface area contributed by atoms with Gasteiger partial charge in [-0.15, -0.1) is 0 Å². The second kappa shape index (κ2) is 6.66. The van der Waals surface area contributed by atoms with Gasteiger partial charge in [-0.05, 0) is 37.5 Å². The molecule has 1 saturated heterocycles. The molecule has 1 aliphatic rings. The number of hydrogen-bond acceptors (Lipinski definition) is 2. The minimum Gasteiger partial charge on any atom is -0.337 e. The molecule has 1 unspecified atom stereocenters. The number of benzene rings is 1. The van der Waals surface area contributed by atoms with Crippen molar-refractivity contribution in [3.63, 3.8) is 0 Å². The maximum atomic E-state index is 13.0. The van der Waals surface area contributed by atoms with Crippen LogP contribution in [0.25, 0.3) is 0 Å². The molecule has 19 heavy (non-hydrogen) atoms. The number of amides is 1. The minimum absolute atomic E-state index is 0.209. The zero-order chi connectivity index (χ0) is 13.7. The molecule has 1 atom stereocenters. The third kappa shape index (κ3) is 4.03. The zero-order valence-electron chi connectivity index (χ0n) is 11.4. The maximum Gasteiger partial charge on any atom is 0.222 e. The van der Waals surface area contributed by atoms with E-state index < -0.39 is 0 Å². The van der Waals surface area contributed by atoms with Gasteiger partial charge in [0.2, 0.25) is 5.91 Å². The fourth-order valence-electron chi connectivity index (χ4n) is 2.49. The van der Waals surface area contributed by atoms with Gasteiger partial charge in [0, 0.05) is 32.1 Å². The Morgan fingerprint density at radius 3 is 3.11 bits per heavy atom. The van der Waals surface area contributed by atoms with Gasteiger partial charge in [-0.25, -0.2) is 4.39 Å². The van der Waals surface area contributed by atoms with Crippen LogP contribution < -0.4 is 5.32 Å². The van der Waals surface area contributed by atoms with Crippen LogP contribution in [-0.4, -0.2) is 36.5 Å². The summed E-state index contributed by atoms with van der Waals surface area (Å²) in [7, 11) is 0. The molecule has 1 heterocycles. The highest BCUT2D eigenvalue weighted by atomic mass is 19.1. The molecule has 104 valence electrons. The molecule has 3 nitrogen and oxygen atoms in total. The van der Waals surface area contributed by atoms with E-state index in [1.165, 1.54) is 12.1 Å². The van der Waals surface area contributed by atoms with Crippen LogP contribution in [0.2, 0.25) is 0 Å². The van der Waals surface area contributed by atoms with Gasteiger partial charge >= 0.3 is 0 Å². The lowest BCUT2D eigenvalue weighted by Crippen LogP contribution is -2.52. The summed E-state index contributed by atoms with van der Waals surface area (Å²) in [5.74, 6) is 0.00459. The standard InChI is InChI=1S/C15H21FN2O/c1-12-11-17-8-9-18(12)15(19)7-3-5-13-4-2-6-14(16)10-13/h2,4,6,10,12,17H,3,5,7-9,11H2,1H3. The average molecular weight is 264 g/mol. The van der Waals surface area contributed by atoms with Gasteiger partial charge in [-0.1, -0.05) is 12.1 Å². The van der Waals surface area contributed by atoms with E-state index in [1.807, 2.05) is 11.0 Å². The Morgan fingerprint density at radius 1 is 1.53 bits per heavy atom. The van der Waals surface area contributed by atoms with Gasteiger partial charge in [-0.3, -0.25) is 4.79 Å². The molecule has 1 amide bonds. The lowest BCUT2D eigenvalue weighted by molar-refractivity contribution is -0.134. The van der Waals surface area contributed by atoms with Crippen molar-refractivity contribution in [3.05, 3.63) is 35.6 Å². The van der Waals surface area contributed by atoms with Crippen molar-refractivity contribution in [3.8, 4) is 0 Å². The summed E-state index contributed by atoms with van der Waals surface area (Å²) >= 11 is 0. The molecule has 1 fully saturated rings. The number of nitrogens with one attached hydrogen (secondary N) is 1. The molecule has 1 N–H and O–H groups in total. The molecular formula is C15H21FN2O. The smallest absolute Gasteiger partial charge is 0.222 e. The molecule has 0 spiro atoms. The molecule has 0 saturated carbocycles. The predicted molar refractivity (Wildman–Crippen MR) is 73.4 cm³/mol. The molecule has 1 aromatic carbocycles. The fraction of sp³-hybridized carbons (Fsp3) is 0.533. The number of carbonyl (C=O) groups is 1. The van der Waals surface area contributed by atoms with E-state index in [2.05, 4.69) is 12.2 Å². The summed E-state index contributed by atoms with van der Waals surface area (Å²) in [5.41, 5.74) is 0.959. The number of nitrogens with zero attached hydrogens (tertiary/aromatic N) is 1. The van der Waals surface area contributed by atoms with E-state index >= 15 is 0 Å². The quantitative estimate of drug-likeness (QED) is 0.901. The Morgan fingerprint density at radius 2 is 2.37 bits per heavy atom. The van der Waals surface area contributed by atoms with Crippen LogP contribution in [-0.2, 0) is 11.2 Å². The maximum absolute atomic E-state index is 13.0. The molecule has 0 aliphatic carbocycles. The number of aryl methyl sites for hydroxylation is 1. The molecular weight excluding hydrogens is 243 g/mol. The van der Waals surface area contributed by atoms with Crippen LogP contribution in [0.5, 0.6) is 0 Å². The van der Waals surface area contributed by atoms with E-state index in [0.29, 0.717) is 6.42 Å². The predicted octanol–water partition coefficient (Wildman–Crippen LogP) is 1.97. The average Bonchev–Trinajstić information content (AvgIpc) is 2.39. The van der Waals surface area contributed by atoms with Crippen LogP contribution in [0.1, 0.15) is 25.3 Å². The Hall–Kier alpha value is -1.42. The van der Waals surface area contributed by atoms with Gasteiger partial charge in [0.25, 0.3) is 0 Å². The number of halogens is 1. The van der Waals surface area contributed by atoms with Crippen LogP contribution in [0.3, 0.4) is 0 Å². The summed E-state index contributed by atoms with van der Waals surface area (Å²) in [5, 5.41) is 3.27.